The second kappa shape index (κ2) is 5.44. The Kier molecular flexibility index (Phi) is 3.78. The van der Waals surface area contributed by atoms with Crippen molar-refractivity contribution in [2.45, 2.75) is 6.92 Å². The average molecular weight is 384 g/mol. The van der Waals surface area contributed by atoms with Crippen molar-refractivity contribution in [1.29, 1.82) is 0 Å². The predicted molar refractivity (Wildman–Crippen MR) is 89.8 cm³/mol. The Hall–Kier alpha value is -1.36. The van der Waals surface area contributed by atoms with Crippen LogP contribution in [-0.4, -0.2) is 9.55 Å². The molecule has 0 unspecified atom stereocenters. The minimum absolute atomic E-state index is 0.164. The molecule has 2 aromatic carbocycles. The van der Waals surface area contributed by atoms with Crippen LogP contribution in [0.3, 0.4) is 0 Å². The predicted octanol–water partition coefficient (Wildman–Crippen LogP) is 4.76. The molecule has 0 aliphatic rings. The fourth-order valence-electron chi connectivity index (χ4n) is 2.22. The lowest BCUT2D eigenvalue weighted by molar-refractivity contribution is 0.895. The normalized spacial score (nSPS) is 11.0. The van der Waals surface area contributed by atoms with Gasteiger partial charge in [0.25, 0.3) is 5.56 Å². The van der Waals surface area contributed by atoms with E-state index in [4.69, 9.17) is 23.2 Å². The average Bonchev–Trinajstić information content (AvgIpc) is 2.42. The summed E-state index contributed by atoms with van der Waals surface area (Å²) in [6, 6.07) is 10.4. The Morgan fingerprint density at radius 3 is 2.62 bits per heavy atom. The Labute approximate surface area is 139 Å². The summed E-state index contributed by atoms with van der Waals surface area (Å²) >= 11 is 15.5. The van der Waals surface area contributed by atoms with Gasteiger partial charge in [-0.05, 0) is 43.3 Å². The second-order valence-electron chi connectivity index (χ2n) is 4.56. The van der Waals surface area contributed by atoms with Gasteiger partial charge < -0.3 is 0 Å². The molecular weight excluding hydrogens is 375 g/mol. The molecule has 0 saturated carbocycles. The van der Waals surface area contributed by atoms with Crippen LogP contribution in [0.5, 0.6) is 0 Å². The highest BCUT2D eigenvalue weighted by molar-refractivity contribution is 9.10. The molecule has 3 rings (SSSR count). The third kappa shape index (κ3) is 2.59. The lowest BCUT2D eigenvalue weighted by atomic mass is 10.2. The quantitative estimate of drug-likeness (QED) is 0.606. The van der Waals surface area contributed by atoms with Crippen molar-refractivity contribution < 1.29 is 0 Å². The van der Waals surface area contributed by atoms with E-state index in [-0.39, 0.29) is 5.56 Å². The van der Waals surface area contributed by atoms with Crippen molar-refractivity contribution in [3.05, 3.63) is 67.1 Å². The number of hydrogen-bond acceptors (Lipinski definition) is 2. The van der Waals surface area contributed by atoms with Crippen molar-refractivity contribution in [2.24, 2.45) is 0 Å². The van der Waals surface area contributed by atoms with Crippen LogP contribution in [0, 0.1) is 6.92 Å². The van der Waals surface area contributed by atoms with E-state index in [2.05, 4.69) is 20.9 Å². The highest BCUT2D eigenvalue weighted by Crippen LogP contribution is 2.25. The molecule has 0 spiro atoms. The Morgan fingerprint density at radius 2 is 1.90 bits per heavy atom. The number of aryl methyl sites for hydroxylation is 1. The highest BCUT2D eigenvalue weighted by atomic mass is 79.9. The fourth-order valence-corrected chi connectivity index (χ4v) is 3.07. The summed E-state index contributed by atoms with van der Waals surface area (Å²) in [5.74, 6) is 0.569. The van der Waals surface area contributed by atoms with Crippen LogP contribution in [0.2, 0.25) is 10.0 Å². The third-order valence-corrected chi connectivity index (χ3v) is 4.18. The molecule has 0 N–H and O–H groups in total. The molecule has 0 aliphatic carbocycles. The SMILES string of the molecule is Cc1nc2ccc(Br)cc2c(=O)n1-c1ccc(Cl)cc1Cl. The maximum Gasteiger partial charge on any atom is 0.266 e. The Morgan fingerprint density at radius 1 is 1.14 bits per heavy atom. The van der Waals surface area contributed by atoms with Gasteiger partial charge in [0.05, 0.1) is 21.6 Å². The molecule has 106 valence electrons. The van der Waals surface area contributed by atoms with Crippen molar-refractivity contribution in [3.63, 3.8) is 0 Å². The van der Waals surface area contributed by atoms with Crippen molar-refractivity contribution in [1.82, 2.24) is 9.55 Å². The van der Waals surface area contributed by atoms with Crippen LogP contribution < -0.4 is 5.56 Å². The van der Waals surface area contributed by atoms with E-state index in [1.54, 1.807) is 31.2 Å². The van der Waals surface area contributed by atoms with Crippen LogP contribution in [0.25, 0.3) is 16.6 Å². The van der Waals surface area contributed by atoms with E-state index in [0.29, 0.717) is 32.5 Å². The summed E-state index contributed by atoms with van der Waals surface area (Å²) < 4.78 is 2.32. The molecule has 0 fully saturated rings. The molecule has 0 aliphatic heterocycles. The Balaban J connectivity index is 2.40. The molecule has 3 aromatic rings. The monoisotopic (exact) mass is 382 g/mol. The van der Waals surface area contributed by atoms with Gasteiger partial charge in [-0.2, -0.15) is 0 Å². The molecule has 1 heterocycles. The molecule has 3 nitrogen and oxygen atoms in total. The third-order valence-electron chi connectivity index (χ3n) is 3.15. The zero-order valence-electron chi connectivity index (χ0n) is 10.9. The van der Waals surface area contributed by atoms with E-state index in [1.165, 1.54) is 4.57 Å². The number of rotatable bonds is 1. The smallest absolute Gasteiger partial charge is 0.266 e. The largest absolute Gasteiger partial charge is 0.268 e. The van der Waals surface area contributed by atoms with Gasteiger partial charge in [-0.25, -0.2) is 4.98 Å². The minimum atomic E-state index is -0.164. The lowest BCUT2D eigenvalue weighted by Crippen LogP contribution is -2.22. The van der Waals surface area contributed by atoms with Crippen LogP contribution in [-0.2, 0) is 0 Å². The van der Waals surface area contributed by atoms with Crippen molar-refractivity contribution >= 4 is 50.0 Å². The van der Waals surface area contributed by atoms with Crippen LogP contribution in [0.4, 0.5) is 0 Å². The molecular formula is C15H9BrCl2N2O. The fraction of sp³-hybridized carbons (Fsp3) is 0.0667. The first-order chi connectivity index (χ1) is 9.97. The van der Waals surface area contributed by atoms with Gasteiger partial charge in [0.1, 0.15) is 5.82 Å². The maximum absolute atomic E-state index is 12.7. The van der Waals surface area contributed by atoms with E-state index in [0.717, 1.165) is 4.47 Å². The molecule has 0 atom stereocenters. The van der Waals surface area contributed by atoms with E-state index < -0.39 is 0 Å². The first-order valence-electron chi connectivity index (χ1n) is 6.12. The number of fused-ring (bicyclic) bond motifs is 1. The topological polar surface area (TPSA) is 34.9 Å². The lowest BCUT2D eigenvalue weighted by Gasteiger charge is -2.12. The number of halogens is 3. The zero-order chi connectivity index (χ0) is 15.1. The van der Waals surface area contributed by atoms with Gasteiger partial charge in [-0.1, -0.05) is 39.1 Å². The number of hydrogen-bond donors (Lipinski definition) is 0. The van der Waals surface area contributed by atoms with Crippen LogP contribution >= 0.6 is 39.1 Å². The summed E-state index contributed by atoms with van der Waals surface area (Å²) in [7, 11) is 0. The van der Waals surface area contributed by atoms with Gasteiger partial charge in [0.2, 0.25) is 0 Å². The van der Waals surface area contributed by atoms with Crippen molar-refractivity contribution in [2.75, 3.05) is 0 Å². The summed E-state index contributed by atoms with van der Waals surface area (Å²) in [5, 5.41) is 1.45. The Bertz CT molecular complexity index is 921. The first kappa shape index (κ1) is 14.6. The molecule has 6 heteroatoms. The number of aromatic nitrogens is 2. The molecule has 0 bridgehead atoms. The van der Waals surface area contributed by atoms with Gasteiger partial charge in [-0.3, -0.25) is 9.36 Å². The number of nitrogens with zero attached hydrogens (tertiary/aromatic N) is 2. The molecule has 0 amide bonds. The number of benzene rings is 2. The van der Waals surface area contributed by atoms with Crippen molar-refractivity contribution in [3.8, 4) is 5.69 Å². The highest BCUT2D eigenvalue weighted by Gasteiger charge is 2.13. The zero-order valence-corrected chi connectivity index (χ0v) is 14.0. The van der Waals surface area contributed by atoms with Crippen LogP contribution in [0.1, 0.15) is 5.82 Å². The standard InChI is InChI=1S/C15H9BrCl2N2O/c1-8-19-13-4-2-9(16)6-11(13)15(21)20(8)14-5-3-10(17)7-12(14)18/h2-7H,1H3. The second-order valence-corrected chi connectivity index (χ2v) is 6.32. The van der Waals surface area contributed by atoms with E-state index >= 15 is 0 Å². The summed E-state index contributed by atoms with van der Waals surface area (Å²) in [6.45, 7) is 1.77. The van der Waals surface area contributed by atoms with Crippen LogP contribution in [0.15, 0.2) is 45.7 Å². The minimum Gasteiger partial charge on any atom is -0.268 e. The first-order valence-corrected chi connectivity index (χ1v) is 7.66. The van der Waals surface area contributed by atoms with Gasteiger partial charge in [-0.15, -0.1) is 0 Å². The summed E-state index contributed by atoms with van der Waals surface area (Å²) in [6.07, 6.45) is 0. The molecule has 1 aromatic heterocycles. The molecule has 0 radical (unpaired) electrons. The van der Waals surface area contributed by atoms with E-state index in [9.17, 15) is 4.79 Å². The van der Waals surface area contributed by atoms with Gasteiger partial charge >= 0.3 is 0 Å². The maximum atomic E-state index is 12.7. The summed E-state index contributed by atoms with van der Waals surface area (Å²) in [5.41, 5.74) is 1.06. The molecule has 0 saturated heterocycles. The summed E-state index contributed by atoms with van der Waals surface area (Å²) in [4.78, 5) is 17.2. The van der Waals surface area contributed by atoms with E-state index in [1.807, 2.05) is 12.1 Å². The molecule has 21 heavy (non-hydrogen) atoms. The van der Waals surface area contributed by atoms with Gasteiger partial charge in [0.15, 0.2) is 0 Å². The van der Waals surface area contributed by atoms with Gasteiger partial charge in [0, 0.05) is 9.50 Å².